The van der Waals surface area contributed by atoms with Gasteiger partial charge in [0.25, 0.3) is 0 Å². The first kappa shape index (κ1) is 20.4. The second-order valence-electron chi connectivity index (χ2n) is 5.58. The van der Waals surface area contributed by atoms with Crippen molar-refractivity contribution in [2.24, 2.45) is 0 Å². The lowest BCUT2D eigenvalue weighted by Gasteiger charge is -2.10. The molecule has 0 fully saturated rings. The smallest absolute Gasteiger partial charge is 0.334 e. The monoisotopic (exact) mass is 322 g/mol. The van der Waals surface area contributed by atoms with Crippen LogP contribution < -0.4 is 0 Å². The summed E-state index contributed by atoms with van der Waals surface area (Å²) in [6.07, 6.45) is 8.88. The molecule has 0 radical (unpaired) electrons. The maximum absolute atomic E-state index is 11.4. The van der Waals surface area contributed by atoms with E-state index in [2.05, 4.69) is 6.92 Å². The number of hydrogen-bond donors (Lipinski definition) is 1. The van der Waals surface area contributed by atoms with Crippen molar-refractivity contribution in [2.45, 2.75) is 70.8 Å². The van der Waals surface area contributed by atoms with Crippen LogP contribution in [0.15, 0.2) is 0 Å². The highest BCUT2D eigenvalue weighted by atomic mass is 32.2. The lowest BCUT2D eigenvalue weighted by atomic mass is 10.1. The van der Waals surface area contributed by atoms with Crippen LogP contribution >= 0.6 is 0 Å². The molecule has 0 saturated heterocycles. The molecule has 0 aliphatic heterocycles. The van der Waals surface area contributed by atoms with E-state index in [-0.39, 0.29) is 12.2 Å². The highest BCUT2D eigenvalue weighted by molar-refractivity contribution is 7.90. The number of ether oxygens (including phenoxy) is 1. The molecule has 6 heteroatoms. The first-order chi connectivity index (χ1) is 9.87. The van der Waals surface area contributed by atoms with E-state index < -0.39 is 21.9 Å². The van der Waals surface area contributed by atoms with Gasteiger partial charge in [-0.2, -0.15) is 0 Å². The molecule has 0 aromatic heterocycles. The first-order valence-electron chi connectivity index (χ1n) is 7.89. The SMILES string of the molecule is CCCCCCCCCCOC(=O)C(O)CCS(C)(=O)=O. The number of rotatable bonds is 13. The van der Waals surface area contributed by atoms with Crippen LogP contribution in [-0.2, 0) is 19.4 Å². The summed E-state index contributed by atoms with van der Waals surface area (Å²) in [6.45, 7) is 2.49. The highest BCUT2D eigenvalue weighted by Crippen LogP contribution is 2.08. The molecule has 0 aliphatic carbocycles. The van der Waals surface area contributed by atoms with Crippen LogP contribution in [0.5, 0.6) is 0 Å². The third-order valence-corrected chi connectivity index (χ3v) is 4.25. The average Bonchev–Trinajstić information content (AvgIpc) is 2.41. The molecule has 1 atom stereocenters. The van der Waals surface area contributed by atoms with E-state index in [0.29, 0.717) is 6.61 Å². The Balaban J connectivity index is 3.48. The standard InChI is InChI=1S/C15H30O5S/c1-3-4-5-6-7-8-9-10-12-20-15(17)14(16)11-13-21(2,18)19/h14,16H,3-13H2,1-2H3. The van der Waals surface area contributed by atoms with Crippen LogP contribution in [0.1, 0.15) is 64.7 Å². The fourth-order valence-electron chi connectivity index (χ4n) is 1.95. The maximum atomic E-state index is 11.4. The Labute approximate surface area is 129 Å². The number of hydrogen-bond acceptors (Lipinski definition) is 5. The second-order valence-corrected chi connectivity index (χ2v) is 7.84. The minimum absolute atomic E-state index is 0.102. The van der Waals surface area contributed by atoms with E-state index in [1.165, 1.54) is 32.1 Å². The number of carbonyl (C=O) groups is 1. The Bertz CT molecular complexity index is 364. The van der Waals surface area contributed by atoms with Gasteiger partial charge in [0.05, 0.1) is 12.4 Å². The molecule has 21 heavy (non-hydrogen) atoms. The van der Waals surface area contributed by atoms with Crippen molar-refractivity contribution >= 4 is 15.8 Å². The van der Waals surface area contributed by atoms with E-state index in [1.807, 2.05) is 0 Å². The number of sulfone groups is 1. The number of esters is 1. The van der Waals surface area contributed by atoms with Gasteiger partial charge < -0.3 is 9.84 Å². The van der Waals surface area contributed by atoms with Gasteiger partial charge in [-0.05, 0) is 12.8 Å². The number of unbranched alkanes of at least 4 members (excludes halogenated alkanes) is 7. The van der Waals surface area contributed by atoms with Crippen molar-refractivity contribution in [3.05, 3.63) is 0 Å². The molecule has 1 N–H and O–H groups in total. The summed E-state index contributed by atoms with van der Waals surface area (Å²) in [5.74, 6) is -0.928. The molecular weight excluding hydrogens is 292 g/mol. The second kappa shape index (κ2) is 12.0. The molecular formula is C15H30O5S. The number of aliphatic hydroxyl groups excluding tert-OH is 1. The van der Waals surface area contributed by atoms with Gasteiger partial charge in [0, 0.05) is 6.26 Å². The van der Waals surface area contributed by atoms with Gasteiger partial charge in [-0.3, -0.25) is 0 Å². The Morgan fingerprint density at radius 1 is 1.05 bits per heavy atom. The average molecular weight is 322 g/mol. The van der Waals surface area contributed by atoms with Gasteiger partial charge in [-0.1, -0.05) is 51.9 Å². The Morgan fingerprint density at radius 3 is 2.10 bits per heavy atom. The molecule has 0 heterocycles. The highest BCUT2D eigenvalue weighted by Gasteiger charge is 2.18. The summed E-state index contributed by atoms with van der Waals surface area (Å²) in [4.78, 5) is 11.4. The summed E-state index contributed by atoms with van der Waals surface area (Å²) in [6, 6.07) is 0. The third-order valence-electron chi connectivity index (χ3n) is 3.28. The van der Waals surface area contributed by atoms with E-state index in [9.17, 15) is 18.3 Å². The summed E-state index contributed by atoms with van der Waals surface area (Å²) < 4.78 is 26.8. The molecule has 0 saturated carbocycles. The van der Waals surface area contributed by atoms with Crippen LogP contribution in [0.2, 0.25) is 0 Å². The Morgan fingerprint density at radius 2 is 1.57 bits per heavy atom. The molecule has 0 amide bonds. The minimum atomic E-state index is -3.16. The van der Waals surface area contributed by atoms with Gasteiger partial charge in [-0.15, -0.1) is 0 Å². The predicted molar refractivity (Wildman–Crippen MR) is 83.9 cm³/mol. The van der Waals surface area contributed by atoms with Crippen LogP contribution in [0, 0.1) is 0 Å². The lowest BCUT2D eigenvalue weighted by molar-refractivity contribution is -0.153. The fourth-order valence-corrected chi connectivity index (χ4v) is 2.60. The van der Waals surface area contributed by atoms with E-state index in [0.717, 1.165) is 25.5 Å². The zero-order valence-electron chi connectivity index (χ0n) is 13.3. The quantitative estimate of drug-likeness (QED) is 0.416. The molecule has 0 rings (SSSR count). The molecule has 5 nitrogen and oxygen atoms in total. The first-order valence-corrected chi connectivity index (χ1v) is 9.95. The third kappa shape index (κ3) is 14.1. The molecule has 0 bridgehead atoms. The van der Waals surface area contributed by atoms with Crippen LogP contribution in [0.4, 0.5) is 0 Å². The van der Waals surface area contributed by atoms with Crippen LogP contribution in [0.3, 0.4) is 0 Å². The summed E-state index contributed by atoms with van der Waals surface area (Å²) in [7, 11) is -3.16. The van der Waals surface area contributed by atoms with Gasteiger partial charge in [0.1, 0.15) is 9.84 Å². The Hall–Kier alpha value is -0.620. The summed E-state index contributed by atoms with van der Waals surface area (Å²) in [5, 5.41) is 9.47. The summed E-state index contributed by atoms with van der Waals surface area (Å²) >= 11 is 0. The van der Waals surface area contributed by atoms with Crippen LogP contribution in [-0.4, -0.2) is 44.2 Å². The van der Waals surface area contributed by atoms with Crippen molar-refractivity contribution in [1.82, 2.24) is 0 Å². The normalized spacial score (nSPS) is 13.1. The van der Waals surface area contributed by atoms with Gasteiger partial charge in [0.2, 0.25) is 0 Å². The number of aliphatic hydroxyl groups is 1. The van der Waals surface area contributed by atoms with Crippen molar-refractivity contribution in [3.63, 3.8) is 0 Å². The van der Waals surface area contributed by atoms with Gasteiger partial charge >= 0.3 is 5.97 Å². The largest absolute Gasteiger partial charge is 0.464 e. The topological polar surface area (TPSA) is 80.7 Å². The van der Waals surface area contributed by atoms with Crippen molar-refractivity contribution in [2.75, 3.05) is 18.6 Å². The van der Waals surface area contributed by atoms with Gasteiger partial charge in [0.15, 0.2) is 6.10 Å². The molecule has 0 aliphatic rings. The Kier molecular flexibility index (Phi) is 11.6. The van der Waals surface area contributed by atoms with E-state index in [1.54, 1.807) is 0 Å². The van der Waals surface area contributed by atoms with Crippen LogP contribution in [0.25, 0.3) is 0 Å². The number of carbonyl (C=O) groups excluding carboxylic acids is 1. The molecule has 126 valence electrons. The van der Waals surface area contributed by atoms with Crippen molar-refractivity contribution < 1.29 is 23.1 Å². The van der Waals surface area contributed by atoms with Gasteiger partial charge in [-0.25, -0.2) is 13.2 Å². The summed E-state index contributed by atoms with van der Waals surface area (Å²) in [5.41, 5.74) is 0. The van der Waals surface area contributed by atoms with E-state index >= 15 is 0 Å². The molecule has 0 aromatic rings. The molecule has 0 spiro atoms. The van der Waals surface area contributed by atoms with E-state index in [4.69, 9.17) is 4.74 Å². The lowest BCUT2D eigenvalue weighted by Crippen LogP contribution is -2.26. The van der Waals surface area contributed by atoms with Crippen molar-refractivity contribution in [1.29, 1.82) is 0 Å². The van der Waals surface area contributed by atoms with Crippen molar-refractivity contribution in [3.8, 4) is 0 Å². The maximum Gasteiger partial charge on any atom is 0.334 e. The zero-order chi connectivity index (χ0) is 16.1. The molecule has 0 aromatic carbocycles. The molecule has 1 unspecified atom stereocenters. The fraction of sp³-hybridized carbons (Fsp3) is 0.933. The zero-order valence-corrected chi connectivity index (χ0v) is 14.2. The predicted octanol–water partition coefficient (Wildman–Crippen LogP) is 2.47. The minimum Gasteiger partial charge on any atom is -0.464 e.